The molecule has 0 bridgehead atoms. The van der Waals surface area contributed by atoms with Crippen LogP contribution in [0.1, 0.15) is 44.7 Å². The third-order valence-electron chi connectivity index (χ3n) is 4.78. The predicted octanol–water partition coefficient (Wildman–Crippen LogP) is 3.29. The molecule has 0 radical (unpaired) electrons. The van der Waals surface area contributed by atoms with Crippen LogP contribution in [0.3, 0.4) is 0 Å². The number of aryl methyl sites for hydroxylation is 1. The van der Waals surface area contributed by atoms with Gasteiger partial charge in [0.2, 0.25) is 0 Å². The van der Waals surface area contributed by atoms with Gasteiger partial charge >= 0.3 is 0 Å². The van der Waals surface area contributed by atoms with E-state index in [4.69, 9.17) is 10.8 Å². The van der Waals surface area contributed by atoms with Gasteiger partial charge in [-0.05, 0) is 25.3 Å². The minimum absolute atomic E-state index is 0.195. The van der Waals surface area contributed by atoms with Crippen LogP contribution in [-0.2, 0) is 12.5 Å². The maximum atomic E-state index is 6.29. The summed E-state index contributed by atoms with van der Waals surface area (Å²) < 4.78 is 1.81. The fourth-order valence-corrected chi connectivity index (χ4v) is 3.51. The van der Waals surface area contributed by atoms with Gasteiger partial charge in [-0.15, -0.1) is 0 Å². The molecule has 0 aliphatic heterocycles. The Balaban J connectivity index is 2.19. The summed E-state index contributed by atoms with van der Waals surface area (Å²) in [4.78, 5) is 4.24. The predicted molar refractivity (Wildman–Crippen MR) is 81.3 cm³/mol. The number of hydrogen-bond donors (Lipinski definition) is 1. The fraction of sp³-hybridized carbons (Fsp3) is 0.500. The number of aromatic nitrogens is 3. The summed E-state index contributed by atoms with van der Waals surface area (Å²) in [5.41, 5.74) is 9.82. The highest BCUT2D eigenvalue weighted by Crippen LogP contribution is 2.47. The van der Waals surface area contributed by atoms with Crippen LogP contribution in [0.5, 0.6) is 0 Å². The minimum Gasteiger partial charge on any atom is -0.383 e. The van der Waals surface area contributed by atoms with Crippen LogP contribution in [0.2, 0.25) is 0 Å². The first kappa shape index (κ1) is 13.2. The van der Waals surface area contributed by atoms with Crippen molar-refractivity contribution in [1.82, 2.24) is 14.8 Å². The molecule has 2 N–H and O–H groups in total. The fourth-order valence-electron chi connectivity index (χ4n) is 3.51. The van der Waals surface area contributed by atoms with Crippen LogP contribution in [0, 0.1) is 0 Å². The molecule has 0 amide bonds. The van der Waals surface area contributed by atoms with E-state index in [0.29, 0.717) is 0 Å². The lowest BCUT2D eigenvalue weighted by atomic mass is 9.77. The van der Waals surface area contributed by atoms with Gasteiger partial charge in [0.05, 0.1) is 5.69 Å². The summed E-state index contributed by atoms with van der Waals surface area (Å²) in [7, 11) is 1.93. The van der Waals surface area contributed by atoms with E-state index in [9.17, 15) is 0 Å². The molecule has 2 heterocycles. The number of anilines is 1. The van der Waals surface area contributed by atoms with Crippen molar-refractivity contribution in [1.29, 1.82) is 0 Å². The molecule has 4 heteroatoms. The zero-order valence-corrected chi connectivity index (χ0v) is 12.3. The summed E-state index contributed by atoms with van der Waals surface area (Å²) in [6.07, 6.45) is 9.81. The van der Waals surface area contributed by atoms with Gasteiger partial charge in [0.25, 0.3) is 0 Å². The smallest absolute Gasteiger partial charge is 0.129 e. The third-order valence-corrected chi connectivity index (χ3v) is 4.78. The average molecular weight is 270 g/mol. The topological polar surface area (TPSA) is 56.7 Å². The number of nitrogens with zero attached hydrogens (tertiary/aromatic N) is 3. The molecule has 106 valence electrons. The van der Waals surface area contributed by atoms with E-state index in [0.717, 1.165) is 23.4 Å². The first-order chi connectivity index (χ1) is 9.68. The third kappa shape index (κ3) is 1.90. The van der Waals surface area contributed by atoms with Crippen molar-refractivity contribution in [3.63, 3.8) is 0 Å². The van der Waals surface area contributed by atoms with Crippen molar-refractivity contribution in [2.45, 2.75) is 44.4 Å². The molecular formula is C16H22N4. The van der Waals surface area contributed by atoms with Gasteiger partial charge in [0, 0.05) is 36.0 Å². The second-order valence-electron chi connectivity index (χ2n) is 5.82. The zero-order valence-electron chi connectivity index (χ0n) is 12.3. The molecule has 4 nitrogen and oxygen atoms in total. The molecule has 1 aliphatic carbocycles. The average Bonchev–Trinajstić information content (AvgIpc) is 3.07. The lowest BCUT2D eigenvalue weighted by Crippen LogP contribution is -2.22. The normalized spacial score (nSPS) is 17.5. The van der Waals surface area contributed by atoms with Crippen LogP contribution in [0.4, 0.5) is 5.82 Å². The Morgan fingerprint density at radius 2 is 2.10 bits per heavy atom. The van der Waals surface area contributed by atoms with Crippen molar-refractivity contribution in [2.75, 3.05) is 5.73 Å². The van der Waals surface area contributed by atoms with Gasteiger partial charge in [-0.1, -0.05) is 25.8 Å². The van der Waals surface area contributed by atoms with Gasteiger partial charge in [-0.2, -0.15) is 5.10 Å². The van der Waals surface area contributed by atoms with Crippen molar-refractivity contribution >= 4 is 5.82 Å². The number of nitrogen functional groups attached to an aromatic ring is 1. The molecule has 2 aromatic heterocycles. The molecule has 20 heavy (non-hydrogen) atoms. The van der Waals surface area contributed by atoms with Crippen LogP contribution < -0.4 is 5.73 Å². The number of rotatable bonds is 3. The molecule has 3 rings (SSSR count). The Kier molecular flexibility index (Phi) is 3.24. The van der Waals surface area contributed by atoms with E-state index >= 15 is 0 Å². The first-order valence-corrected chi connectivity index (χ1v) is 7.41. The van der Waals surface area contributed by atoms with Gasteiger partial charge in [-0.3, -0.25) is 9.67 Å². The van der Waals surface area contributed by atoms with Crippen molar-refractivity contribution in [3.8, 4) is 11.1 Å². The van der Waals surface area contributed by atoms with Gasteiger partial charge in [-0.25, -0.2) is 0 Å². The van der Waals surface area contributed by atoms with Crippen LogP contribution in [0.15, 0.2) is 24.5 Å². The summed E-state index contributed by atoms with van der Waals surface area (Å²) in [6.45, 7) is 2.27. The van der Waals surface area contributed by atoms with Gasteiger partial charge in [0.1, 0.15) is 5.82 Å². The summed E-state index contributed by atoms with van der Waals surface area (Å²) >= 11 is 0. The van der Waals surface area contributed by atoms with E-state index < -0.39 is 0 Å². The van der Waals surface area contributed by atoms with E-state index in [-0.39, 0.29) is 5.41 Å². The first-order valence-electron chi connectivity index (χ1n) is 7.41. The number of pyridine rings is 1. The summed E-state index contributed by atoms with van der Waals surface area (Å²) in [6, 6.07) is 4.03. The molecule has 0 atom stereocenters. The minimum atomic E-state index is 0.195. The van der Waals surface area contributed by atoms with Crippen molar-refractivity contribution in [2.24, 2.45) is 7.05 Å². The quantitative estimate of drug-likeness (QED) is 0.931. The molecular weight excluding hydrogens is 248 g/mol. The largest absolute Gasteiger partial charge is 0.383 e. The molecule has 2 aromatic rings. The second kappa shape index (κ2) is 4.93. The van der Waals surface area contributed by atoms with Crippen LogP contribution in [-0.4, -0.2) is 14.8 Å². The van der Waals surface area contributed by atoms with Crippen molar-refractivity contribution in [3.05, 3.63) is 30.2 Å². The number of nitrogens with two attached hydrogens (primary N) is 1. The highest BCUT2D eigenvalue weighted by molar-refractivity contribution is 5.77. The van der Waals surface area contributed by atoms with Crippen LogP contribution in [0.25, 0.3) is 11.1 Å². The highest BCUT2D eigenvalue weighted by atomic mass is 15.3. The van der Waals surface area contributed by atoms with Crippen LogP contribution >= 0.6 is 0 Å². The molecule has 0 unspecified atom stereocenters. The summed E-state index contributed by atoms with van der Waals surface area (Å²) in [5.74, 6) is 0.743. The maximum Gasteiger partial charge on any atom is 0.129 e. The van der Waals surface area contributed by atoms with E-state index in [2.05, 4.69) is 18.0 Å². The van der Waals surface area contributed by atoms with Gasteiger partial charge in [0.15, 0.2) is 0 Å². The van der Waals surface area contributed by atoms with Crippen molar-refractivity contribution < 1.29 is 0 Å². The molecule has 0 aromatic carbocycles. The second-order valence-corrected chi connectivity index (χ2v) is 5.82. The number of hydrogen-bond acceptors (Lipinski definition) is 3. The SMILES string of the molecule is CCC1(c2nn(C)c(N)c2-c2cccnc2)CCCC1. The Bertz CT molecular complexity index is 594. The van der Waals surface area contributed by atoms with E-state index in [1.54, 1.807) is 6.20 Å². The molecule has 0 saturated heterocycles. The highest BCUT2D eigenvalue weighted by Gasteiger charge is 2.39. The maximum absolute atomic E-state index is 6.29. The lowest BCUT2D eigenvalue weighted by molar-refractivity contribution is 0.408. The zero-order chi connectivity index (χ0) is 14.2. The van der Waals surface area contributed by atoms with E-state index in [1.807, 2.05) is 24.0 Å². The Morgan fingerprint density at radius 1 is 1.35 bits per heavy atom. The Morgan fingerprint density at radius 3 is 2.70 bits per heavy atom. The van der Waals surface area contributed by atoms with Gasteiger partial charge < -0.3 is 5.73 Å². The standard InChI is InChI=1S/C16H22N4/c1-3-16(8-4-5-9-16)14-13(15(17)20(2)19-14)12-7-6-10-18-11-12/h6-7,10-11H,3-5,8-9,17H2,1-2H3. The lowest BCUT2D eigenvalue weighted by Gasteiger charge is -2.26. The monoisotopic (exact) mass is 270 g/mol. The Hall–Kier alpha value is -1.84. The Labute approximate surface area is 120 Å². The molecule has 1 aliphatic rings. The van der Waals surface area contributed by atoms with E-state index in [1.165, 1.54) is 31.4 Å². The molecule has 0 spiro atoms. The molecule has 1 saturated carbocycles. The molecule has 1 fully saturated rings. The summed E-state index contributed by atoms with van der Waals surface area (Å²) in [5, 5.41) is 4.78.